The van der Waals surface area contributed by atoms with Crippen LogP contribution in [0.3, 0.4) is 0 Å². The van der Waals surface area contributed by atoms with E-state index in [0.717, 1.165) is 19.0 Å². The summed E-state index contributed by atoms with van der Waals surface area (Å²) in [4.78, 5) is 7.85. The molecule has 0 amide bonds. The van der Waals surface area contributed by atoms with Crippen molar-refractivity contribution in [3.05, 3.63) is 81.5 Å². The van der Waals surface area contributed by atoms with Gasteiger partial charge in [0.2, 0.25) is 10.8 Å². The van der Waals surface area contributed by atoms with Crippen molar-refractivity contribution < 1.29 is 13.9 Å². The van der Waals surface area contributed by atoms with Gasteiger partial charge in [-0.15, -0.1) is 5.10 Å². The van der Waals surface area contributed by atoms with Crippen LogP contribution in [0.1, 0.15) is 40.4 Å². The Morgan fingerprint density at radius 2 is 1.93 bits per heavy atom. The zero-order valence-electron chi connectivity index (χ0n) is 16.3. The zero-order valence-corrected chi connectivity index (χ0v) is 17.2. The summed E-state index contributed by atoms with van der Waals surface area (Å²) < 4.78 is 29.2. The van der Waals surface area contributed by atoms with E-state index in [-0.39, 0.29) is 5.88 Å². The van der Waals surface area contributed by atoms with Gasteiger partial charge < -0.3 is 5.11 Å². The largest absolute Gasteiger partial charge is 0.492 e. The van der Waals surface area contributed by atoms with Crippen LogP contribution in [0.4, 0.5) is 8.78 Å². The Balaban J connectivity index is 1.63. The summed E-state index contributed by atoms with van der Waals surface area (Å²) >= 11 is 1.33. The van der Waals surface area contributed by atoms with Crippen molar-refractivity contribution in [3.8, 4) is 5.88 Å². The highest BCUT2D eigenvalue weighted by Crippen LogP contribution is 2.41. The van der Waals surface area contributed by atoms with Gasteiger partial charge >= 0.3 is 0 Å². The first kappa shape index (κ1) is 19.1. The van der Waals surface area contributed by atoms with Gasteiger partial charge in [0.25, 0.3) is 0 Å². The first-order valence-corrected chi connectivity index (χ1v) is 10.7. The van der Waals surface area contributed by atoms with Crippen molar-refractivity contribution in [2.45, 2.75) is 32.4 Å². The van der Waals surface area contributed by atoms with Crippen LogP contribution in [-0.4, -0.2) is 31.1 Å². The van der Waals surface area contributed by atoms with E-state index >= 15 is 0 Å². The molecule has 0 saturated carbocycles. The number of thiazole rings is 1. The predicted octanol–water partition coefficient (Wildman–Crippen LogP) is 4.48. The van der Waals surface area contributed by atoms with Crippen LogP contribution in [0.25, 0.3) is 4.96 Å². The molecule has 30 heavy (non-hydrogen) atoms. The number of aryl methyl sites for hydroxylation is 1. The number of benzene rings is 2. The van der Waals surface area contributed by atoms with Crippen molar-refractivity contribution in [1.82, 2.24) is 19.5 Å². The second-order valence-corrected chi connectivity index (χ2v) is 8.44. The van der Waals surface area contributed by atoms with Gasteiger partial charge in [-0.2, -0.15) is 4.52 Å². The first-order valence-electron chi connectivity index (χ1n) is 9.88. The van der Waals surface area contributed by atoms with Crippen LogP contribution in [0, 0.1) is 11.6 Å². The van der Waals surface area contributed by atoms with E-state index in [2.05, 4.69) is 27.1 Å². The number of aromatic nitrogens is 3. The van der Waals surface area contributed by atoms with Gasteiger partial charge in [0.15, 0.2) is 17.5 Å². The molecule has 0 saturated heterocycles. The Labute approximate surface area is 176 Å². The normalized spacial score (nSPS) is 15.4. The summed E-state index contributed by atoms with van der Waals surface area (Å²) in [5.41, 5.74) is 3.07. The third kappa shape index (κ3) is 3.16. The Hall–Kier alpha value is -2.84. The highest BCUT2D eigenvalue weighted by atomic mass is 32.1. The number of halogens is 2. The monoisotopic (exact) mass is 426 g/mol. The maximum Gasteiger partial charge on any atom is 0.230 e. The lowest BCUT2D eigenvalue weighted by Crippen LogP contribution is -2.34. The molecule has 0 fully saturated rings. The number of aromatic hydroxyl groups is 1. The summed E-state index contributed by atoms with van der Waals surface area (Å²) in [6.45, 7) is 3.33. The smallest absolute Gasteiger partial charge is 0.230 e. The maximum absolute atomic E-state index is 14.1. The fraction of sp³-hybridized carbons (Fsp3) is 0.273. The molecule has 5 rings (SSSR count). The quantitative estimate of drug-likeness (QED) is 0.523. The SMILES string of the molecule is CCc1nc2sc(C(c3ccc(F)c(F)c3)N3CCc4ccccc4C3)c(O)n2n1. The Kier molecular flexibility index (Phi) is 4.75. The van der Waals surface area contributed by atoms with Crippen LogP contribution in [0.5, 0.6) is 5.88 Å². The standard InChI is InChI=1S/C22H20F2N4OS/c1-2-18-25-22-28(26-18)21(29)20(30-22)19(14-7-8-16(23)17(24)11-14)27-10-9-13-5-3-4-6-15(13)12-27/h3-8,11,19,29H,2,9-10,12H2,1H3. The molecule has 2 aromatic heterocycles. The summed E-state index contributed by atoms with van der Waals surface area (Å²) in [6.07, 6.45) is 1.51. The van der Waals surface area contributed by atoms with Crippen LogP contribution in [0.15, 0.2) is 42.5 Å². The molecule has 1 N–H and O–H groups in total. The molecule has 1 atom stereocenters. The molecule has 154 valence electrons. The summed E-state index contributed by atoms with van der Waals surface area (Å²) in [5.74, 6) is -1.14. The molecule has 2 aromatic carbocycles. The second-order valence-electron chi connectivity index (χ2n) is 7.43. The van der Waals surface area contributed by atoms with Crippen LogP contribution < -0.4 is 0 Å². The van der Waals surface area contributed by atoms with Crippen LogP contribution >= 0.6 is 11.3 Å². The second kappa shape index (κ2) is 7.45. The number of hydrogen-bond donors (Lipinski definition) is 1. The van der Waals surface area contributed by atoms with E-state index in [9.17, 15) is 13.9 Å². The van der Waals surface area contributed by atoms with Gasteiger partial charge in [0.1, 0.15) is 0 Å². The lowest BCUT2D eigenvalue weighted by Gasteiger charge is -2.35. The van der Waals surface area contributed by atoms with Gasteiger partial charge in [-0.3, -0.25) is 4.90 Å². The van der Waals surface area contributed by atoms with Crippen molar-refractivity contribution in [2.24, 2.45) is 0 Å². The Morgan fingerprint density at radius 1 is 1.13 bits per heavy atom. The third-order valence-corrected chi connectivity index (χ3v) is 6.67. The van der Waals surface area contributed by atoms with Crippen molar-refractivity contribution >= 4 is 16.3 Å². The van der Waals surface area contributed by atoms with E-state index in [0.29, 0.717) is 34.2 Å². The number of hydrogen-bond acceptors (Lipinski definition) is 5. The fourth-order valence-corrected chi connectivity index (χ4v) is 5.20. The molecule has 0 aliphatic carbocycles. The Morgan fingerprint density at radius 3 is 2.67 bits per heavy atom. The minimum absolute atomic E-state index is 0.00390. The minimum Gasteiger partial charge on any atom is -0.492 e. The minimum atomic E-state index is -0.901. The molecular formula is C22H20F2N4OS. The highest BCUT2D eigenvalue weighted by Gasteiger charge is 2.32. The van der Waals surface area contributed by atoms with Crippen molar-refractivity contribution in [3.63, 3.8) is 0 Å². The summed E-state index contributed by atoms with van der Waals surface area (Å²) in [7, 11) is 0. The van der Waals surface area contributed by atoms with E-state index in [4.69, 9.17) is 0 Å². The van der Waals surface area contributed by atoms with Gasteiger partial charge in [-0.25, -0.2) is 13.8 Å². The molecule has 3 heterocycles. The highest BCUT2D eigenvalue weighted by molar-refractivity contribution is 7.17. The van der Waals surface area contributed by atoms with E-state index in [1.807, 2.05) is 19.1 Å². The van der Waals surface area contributed by atoms with Gasteiger partial charge in [-0.1, -0.05) is 48.6 Å². The van der Waals surface area contributed by atoms with Gasteiger partial charge in [-0.05, 0) is 35.2 Å². The molecule has 0 radical (unpaired) electrons. The average molecular weight is 426 g/mol. The van der Waals surface area contributed by atoms with E-state index in [1.165, 1.54) is 33.0 Å². The fourth-order valence-electron chi connectivity index (χ4n) is 4.07. The molecular weight excluding hydrogens is 406 g/mol. The predicted molar refractivity (Wildman–Crippen MR) is 111 cm³/mol. The summed E-state index contributed by atoms with van der Waals surface area (Å²) in [6, 6.07) is 11.7. The van der Waals surface area contributed by atoms with Crippen LogP contribution in [0.2, 0.25) is 0 Å². The first-order chi connectivity index (χ1) is 14.5. The lowest BCUT2D eigenvalue weighted by molar-refractivity contribution is 0.205. The molecule has 0 spiro atoms. The van der Waals surface area contributed by atoms with Crippen molar-refractivity contribution in [1.29, 1.82) is 0 Å². The van der Waals surface area contributed by atoms with E-state index in [1.54, 1.807) is 6.07 Å². The molecule has 4 aromatic rings. The van der Waals surface area contributed by atoms with Gasteiger partial charge in [0.05, 0.1) is 10.9 Å². The van der Waals surface area contributed by atoms with Crippen LogP contribution in [-0.2, 0) is 19.4 Å². The molecule has 1 aliphatic rings. The topological polar surface area (TPSA) is 53.7 Å². The van der Waals surface area contributed by atoms with Crippen molar-refractivity contribution in [2.75, 3.05) is 6.54 Å². The molecule has 1 unspecified atom stereocenters. The third-order valence-electron chi connectivity index (χ3n) is 5.59. The number of rotatable bonds is 4. The zero-order chi connectivity index (χ0) is 20.8. The molecule has 8 heteroatoms. The van der Waals surface area contributed by atoms with E-state index < -0.39 is 17.7 Å². The Bertz CT molecular complexity index is 1240. The number of fused-ring (bicyclic) bond motifs is 2. The van der Waals surface area contributed by atoms with Gasteiger partial charge in [0, 0.05) is 19.5 Å². The lowest BCUT2D eigenvalue weighted by atomic mass is 9.95. The molecule has 1 aliphatic heterocycles. The summed E-state index contributed by atoms with van der Waals surface area (Å²) in [5, 5.41) is 15.3. The molecule has 0 bridgehead atoms. The molecule has 5 nitrogen and oxygen atoms in total. The maximum atomic E-state index is 14.1. The number of nitrogens with zero attached hydrogens (tertiary/aromatic N) is 4. The average Bonchev–Trinajstić information content (AvgIpc) is 3.30.